The Morgan fingerprint density at radius 2 is 1.92 bits per heavy atom. The molecule has 2 aromatic rings. The Morgan fingerprint density at radius 3 is 2.56 bits per heavy atom. The van der Waals surface area contributed by atoms with E-state index in [1.165, 1.54) is 17.0 Å². The normalized spacial score (nSPS) is 18.7. The summed E-state index contributed by atoms with van der Waals surface area (Å²) in [5.41, 5.74) is 1.16. The van der Waals surface area contributed by atoms with Gasteiger partial charge in [0.2, 0.25) is 5.91 Å². The van der Waals surface area contributed by atoms with Gasteiger partial charge in [0.1, 0.15) is 5.82 Å². The zero-order chi connectivity index (χ0) is 17.9. The monoisotopic (exact) mass is 362 g/mol. The van der Waals surface area contributed by atoms with E-state index in [2.05, 4.69) is 5.32 Å². The van der Waals surface area contributed by atoms with Crippen molar-refractivity contribution >= 4 is 27.1 Å². The standard InChI is InChI=1S/C18H19FN2O3S/c19-14-5-4-6-15(11-14)20-12-18(22)21(16-7-2-1-3-8-16)17-9-10-25(23,24)13-17/h1-8,11,17,20H,9-10,12-13H2/t17-/m0/s1. The summed E-state index contributed by atoms with van der Waals surface area (Å²) in [5.74, 6) is -0.587. The van der Waals surface area contributed by atoms with E-state index >= 15 is 0 Å². The molecule has 0 bridgehead atoms. The lowest BCUT2D eigenvalue weighted by molar-refractivity contribution is -0.117. The van der Waals surface area contributed by atoms with Crippen molar-refractivity contribution in [1.82, 2.24) is 0 Å². The van der Waals surface area contributed by atoms with Crippen LogP contribution in [-0.2, 0) is 14.6 Å². The van der Waals surface area contributed by atoms with Crippen molar-refractivity contribution in [1.29, 1.82) is 0 Å². The van der Waals surface area contributed by atoms with E-state index in [-0.39, 0.29) is 35.8 Å². The second-order valence-electron chi connectivity index (χ2n) is 6.02. The van der Waals surface area contributed by atoms with Gasteiger partial charge in [0.25, 0.3) is 0 Å². The molecule has 1 aliphatic heterocycles. The zero-order valence-corrected chi connectivity index (χ0v) is 14.4. The average Bonchev–Trinajstić information content (AvgIpc) is 2.94. The number of benzene rings is 2. The summed E-state index contributed by atoms with van der Waals surface area (Å²) in [5, 5.41) is 2.90. The van der Waals surface area contributed by atoms with Gasteiger partial charge in [-0.25, -0.2) is 12.8 Å². The van der Waals surface area contributed by atoms with Crippen molar-refractivity contribution in [3.8, 4) is 0 Å². The topological polar surface area (TPSA) is 66.5 Å². The lowest BCUT2D eigenvalue weighted by Gasteiger charge is -2.28. The molecule has 0 spiro atoms. The number of nitrogens with zero attached hydrogens (tertiary/aromatic N) is 1. The van der Waals surface area contributed by atoms with Crippen LogP contribution in [0.25, 0.3) is 0 Å². The highest BCUT2D eigenvalue weighted by atomic mass is 32.2. The van der Waals surface area contributed by atoms with Crippen LogP contribution in [0.2, 0.25) is 0 Å². The van der Waals surface area contributed by atoms with E-state index in [0.29, 0.717) is 17.8 Å². The molecule has 25 heavy (non-hydrogen) atoms. The van der Waals surface area contributed by atoms with Crippen molar-refractivity contribution in [3.63, 3.8) is 0 Å². The highest BCUT2D eigenvalue weighted by Crippen LogP contribution is 2.24. The van der Waals surface area contributed by atoms with Crippen molar-refractivity contribution in [3.05, 3.63) is 60.4 Å². The predicted octanol–water partition coefficient (Wildman–Crippen LogP) is 2.46. The number of sulfone groups is 1. The fraction of sp³-hybridized carbons (Fsp3) is 0.278. The van der Waals surface area contributed by atoms with E-state index in [9.17, 15) is 17.6 Å². The SMILES string of the molecule is O=C(CNc1cccc(F)c1)N(c1ccccc1)[C@H]1CCS(=O)(=O)C1. The molecule has 5 nitrogen and oxygen atoms in total. The van der Waals surface area contributed by atoms with Crippen molar-refractivity contribution in [2.45, 2.75) is 12.5 Å². The van der Waals surface area contributed by atoms with Crippen LogP contribution < -0.4 is 10.2 Å². The molecule has 1 aliphatic rings. The Bertz CT molecular complexity index is 856. The first-order valence-electron chi connectivity index (χ1n) is 8.01. The fourth-order valence-electron chi connectivity index (χ4n) is 2.99. The molecule has 0 saturated carbocycles. The first kappa shape index (κ1) is 17.4. The molecule has 0 aliphatic carbocycles. The van der Waals surface area contributed by atoms with E-state index in [4.69, 9.17) is 0 Å². The Balaban J connectivity index is 1.78. The van der Waals surface area contributed by atoms with Gasteiger partial charge in [-0.1, -0.05) is 24.3 Å². The number of nitrogens with one attached hydrogen (secondary N) is 1. The maximum Gasteiger partial charge on any atom is 0.246 e. The molecule has 0 aromatic heterocycles. The number of halogens is 1. The number of anilines is 2. The molecule has 0 radical (unpaired) electrons. The minimum absolute atomic E-state index is 0.0341. The van der Waals surface area contributed by atoms with Gasteiger partial charge < -0.3 is 10.2 Å². The molecule has 132 valence electrons. The number of hydrogen-bond acceptors (Lipinski definition) is 4. The van der Waals surface area contributed by atoms with Crippen LogP contribution in [0, 0.1) is 5.82 Å². The summed E-state index contributed by atoms with van der Waals surface area (Å²) in [6.45, 7) is -0.0467. The van der Waals surface area contributed by atoms with Gasteiger partial charge in [-0.15, -0.1) is 0 Å². The third-order valence-corrected chi connectivity index (χ3v) is 5.90. The lowest BCUT2D eigenvalue weighted by atomic mass is 10.1. The molecule has 3 rings (SSSR count). The molecule has 7 heteroatoms. The number of carbonyl (C=O) groups excluding carboxylic acids is 1. The van der Waals surface area contributed by atoms with E-state index in [1.54, 1.807) is 36.4 Å². The van der Waals surface area contributed by atoms with Gasteiger partial charge in [0, 0.05) is 11.4 Å². The largest absolute Gasteiger partial charge is 0.376 e. The number of hydrogen-bond donors (Lipinski definition) is 1. The van der Waals surface area contributed by atoms with Gasteiger partial charge in [0.05, 0.1) is 24.1 Å². The second-order valence-corrected chi connectivity index (χ2v) is 8.25. The number of carbonyl (C=O) groups is 1. The minimum Gasteiger partial charge on any atom is -0.376 e. The maximum atomic E-state index is 13.2. The summed E-state index contributed by atoms with van der Waals surface area (Å²) in [6.07, 6.45) is 0.420. The maximum absolute atomic E-state index is 13.2. The van der Waals surface area contributed by atoms with Crippen LogP contribution >= 0.6 is 0 Å². The van der Waals surface area contributed by atoms with Crippen LogP contribution in [0.4, 0.5) is 15.8 Å². The van der Waals surface area contributed by atoms with Gasteiger partial charge in [-0.3, -0.25) is 4.79 Å². The molecule has 1 fully saturated rings. The first-order chi connectivity index (χ1) is 11.9. The summed E-state index contributed by atoms with van der Waals surface area (Å²) < 4.78 is 36.9. The average molecular weight is 362 g/mol. The summed E-state index contributed by atoms with van der Waals surface area (Å²) in [6, 6.07) is 14.5. The van der Waals surface area contributed by atoms with Gasteiger partial charge in [-0.2, -0.15) is 0 Å². The minimum atomic E-state index is -3.12. The molecule has 1 N–H and O–H groups in total. The third kappa shape index (κ3) is 4.36. The fourth-order valence-corrected chi connectivity index (χ4v) is 4.69. The predicted molar refractivity (Wildman–Crippen MR) is 95.9 cm³/mol. The molecule has 1 heterocycles. The molecule has 1 amide bonds. The first-order valence-corrected chi connectivity index (χ1v) is 9.84. The molecule has 1 saturated heterocycles. The highest BCUT2D eigenvalue weighted by molar-refractivity contribution is 7.91. The van der Waals surface area contributed by atoms with Crippen molar-refractivity contribution in [2.24, 2.45) is 0 Å². The molecule has 0 unspecified atom stereocenters. The van der Waals surface area contributed by atoms with E-state index < -0.39 is 9.84 Å². The summed E-state index contributed by atoms with van der Waals surface area (Å²) >= 11 is 0. The van der Waals surface area contributed by atoms with Gasteiger partial charge in [-0.05, 0) is 36.8 Å². The third-order valence-electron chi connectivity index (χ3n) is 4.14. The smallest absolute Gasteiger partial charge is 0.246 e. The molecule has 2 aromatic carbocycles. The van der Waals surface area contributed by atoms with Crippen molar-refractivity contribution in [2.75, 3.05) is 28.3 Å². The quantitative estimate of drug-likeness (QED) is 0.887. The van der Waals surface area contributed by atoms with Crippen LogP contribution in [0.15, 0.2) is 54.6 Å². The highest BCUT2D eigenvalue weighted by Gasteiger charge is 2.35. The van der Waals surface area contributed by atoms with Crippen LogP contribution in [0.3, 0.4) is 0 Å². The molecular weight excluding hydrogens is 343 g/mol. The Labute approximate surface area is 146 Å². The Morgan fingerprint density at radius 1 is 1.16 bits per heavy atom. The Hall–Kier alpha value is -2.41. The zero-order valence-electron chi connectivity index (χ0n) is 13.6. The van der Waals surface area contributed by atoms with Crippen LogP contribution in [-0.4, -0.2) is 38.4 Å². The Kier molecular flexibility index (Phi) is 5.03. The number of amides is 1. The summed E-state index contributed by atoms with van der Waals surface area (Å²) in [7, 11) is -3.12. The molecular formula is C18H19FN2O3S. The molecule has 1 atom stereocenters. The summed E-state index contributed by atoms with van der Waals surface area (Å²) in [4.78, 5) is 14.3. The van der Waals surface area contributed by atoms with Crippen LogP contribution in [0.5, 0.6) is 0 Å². The number of para-hydroxylation sites is 1. The second kappa shape index (κ2) is 7.23. The van der Waals surface area contributed by atoms with Crippen LogP contribution in [0.1, 0.15) is 6.42 Å². The van der Waals surface area contributed by atoms with Crippen molar-refractivity contribution < 1.29 is 17.6 Å². The number of rotatable bonds is 5. The van der Waals surface area contributed by atoms with Gasteiger partial charge >= 0.3 is 0 Å². The lowest BCUT2D eigenvalue weighted by Crippen LogP contribution is -2.44. The van der Waals surface area contributed by atoms with E-state index in [0.717, 1.165) is 0 Å². The van der Waals surface area contributed by atoms with E-state index in [1.807, 2.05) is 6.07 Å². The van der Waals surface area contributed by atoms with Gasteiger partial charge in [0.15, 0.2) is 9.84 Å².